The number of benzene rings is 1. The third-order valence-corrected chi connectivity index (χ3v) is 7.73. The van der Waals surface area contributed by atoms with Gasteiger partial charge in [-0.25, -0.2) is 4.98 Å². The maximum atomic E-state index is 12.9. The van der Waals surface area contributed by atoms with E-state index in [0.717, 1.165) is 27.4 Å². The molecule has 7 heteroatoms. The number of aromatic nitrogens is 3. The van der Waals surface area contributed by atoms with Crippen LogP contribution in [0.3, 0.4) is 0 Å². The number of fused-ring (bicyclic) bond motifs is 1. The van der Waals surface area contributed by atoms with Crippen LogP contribution in [0.15, 0.2) is 35.4 Å². The van der Waals surface area contributed by atoms with Gasteiger partial charge in [-0.1, -0.05) is 67.5 Å². The minimum Gasteiger partial charge on any atom is -0.300 e. The van der Waals surface area contributed by atoms with Gasteiger partial charge < -0.3 is 0 Å². The predicted molar refractivity (Wildman–Crippen MR) is 121 cm³/mol. The Morgan fingerprint density at radius 2 is 2.03 bits per heavy atom. The molecule has 1 saturated carbocycles. The fourth-order valence-corrected chi connectivity index (χ4v) is 5.77. The lowest BCUT2D eigenvalue weighted by molar-refractivity contribution is -0.115. The second-order valence-electron chi connectivity index (χ2n) is 7.58. The maximum Gasteiger partial charge on any atom is 0.239 e. The average Bonchev–Trinajstić information content (AvgIpc) is 3.21. The molecule has 1 aliphatic carbocycles. The molecule has 29 heavy (non-hydrogen) atoms. The standard InChI is InChI=1S/C22H26N4OS2/c1-3-18(28-19-13-14(2)16-11-7-8-12-17(16)23-19)20(27)24-22-26-25-21(29-22)15-9-5-4-6-10-15/h7-8,11-13,15,18H,3-6,9-10H2,1-2H3,(H,24,26,27). The van der Waals surface area contributed by atoms with Gasteiger partial charge in [0.15, 0.2) is 0 Å². The van der Waals surface area contributed by atoms with Crippen LogP contribution in [0.1, 0.15) is 61.9 Å². The third kappa shape index (κ3) is 4.78. The number of nitrogens with zero attached hydrogens (tertiary/aromatic N) is 3. The van der Waals surface area contributed by atoms with E-state index in [0.29, 0.717) is 11.0 Å². The number of para-hydroxylation sites is 1. The second-order valence-corrected chi connectivity index (χ2v) is 9.81. The van der Waals surface area contributed by atoms with Crippen molar-refractivity contribution in [3.05, 3.63) is 40.9 Å². The fourth-order valence-electron chi connectivity index (χ4n) is 3.83. The van der Waals surface area contributed by atoms with Gasteiger partial charge in [0.1, 0.15) is 5.01 Å². The third-order valence-electron chi connectivity index (χ3n) is 5.45. The number of carbonyl (C=O) groups is 1. The van der Waals surface area contributed by atoms with Crippen molar-refractivity contribution in [2.45, 2.75) is 68.6 Å². The number of pyridine rings is 1. The normalized spacial score (nSPS) is 16.1. The van der Waals surface area contributed by atoms with Crippen LogP contribution in [-0.2, 0) is 4.79 Å². The number of hydrogen-bond acceptors (Lipinski definition) is 6. The molecule has 1 aliphatic rings. The topological polar surface area (TPSA) is 67.8 Å². The Kier molecular flexibility index (Phi) is 6.45. The molecule has 4 rings (SSSR count). The van der Waals surface area contributed by atoms with E-state index in [2.05, 4.69) is 34.6 Å². The van der Waals surface area contributed by atoms with E-state index in [4.69, 9.17) is 4.98 Å². The largest absolute Gasteiger partial charge is 0.300 e. The summed E-state index contributed by atoms with van der Waals surface area (Å²) in [7, 11) is 0. The molecule has 1 unspecified atom stereocenters. The van der Waals surface area contributed by atoms with Crippen LogP contribution in [0.25, 0.3) is 10.9 Å². The molecule has 2 heterocycles. The summed E-state index contributed by atoms with van der Waals surface area (Å²) < 4.78 is 0. The van der Waals surface area contributed by atoms with Gasteiger partial charge in [0.05, 0.1) is 15.8 Å². The summed E-state index contributed by atoms with van der Waals surface area (Å²) in [5.74, 6) is 0.476. The molecule has 1 amide bonds. The minimum absolute atomic E-state index is 0.0311. The molecule has 1 aromatic carbocycles. The number of thioether (sulfide) groups is 1. The Balaban J connectivity index is 1.44. The van der Waals surface area contributed by atoms with Crippen molar-refractivity contribution < 1.29 is 4.79 Å². The lowest BCUT2D eigenvalue weighted by Crippen LogP contribution is -2.24. The Bertz CT molecular complexity index is 997. The molecule has 1 fully saturated rings. The van der Waals surface area contributed by atoms with Crippen molar-refractivity contribution in [1.82, 2.24) is 15.2 Å². The average molecular weight is 427 g/mol. The van der Waals surface area contributed by atoms with E-state index in [9.17, 15) is 4.79 Å². The van der Waals surface area contributed by atoms with Crippen LogP contribution in [0.2, 0.25) is 0 Å². The number of carbonyl (C=O) groups excluding carboxylic acids is 1. The van der Waals surface area contributed by atoms with E-state index in [1.807, 2.05) is 25.1 Å². The summed E-state index contributed by atoms with van der Waals surface area (Å²) in [6.45, 7) is 4.11. The molecule has 152 valence electrons. The van der Waals surface area contributed by atoms with Crippen molar-refractivity contribution in [2.24, 2.45) is 0 Å². The molecule has 3 aromatic rings. The highest BCUT2D eigenvalue weighted by Gasteiger charge is 2.23. The van der Waals surface area contributed by atoms with Crippen molar-refractivity contribution in [1.29, 1.82) is 0 Å². The zero-order valence-corrected chi connectivity index (χ0v) is 18.5. The monoisotopic (exact) mass is 426 g/mol. The van der Waals surface area contributed by atoms with Gasteiger partial charge in [-0.05, 0) is 43.9 Å². The van der Waals surface area contributed by atoms with Crippen molar-refractivity contribution in [3.63, 3.8) is 0 Å². The number of amides is 1. The smallest absolute Gasteiger partial charge is 0.239 e. The molecule has 0 bridgehead atoms. The Labute approximate surface area is 179 Å². The number of anilines is 1. The number of aryl methyl sites for hydroxylation is 1. The Morgan fingerprint density at radius 1 is 1.24 bits per heavy atom. The summed E-state index contributed by atoms with van der Waals surface area (Å²) in [4.78, 5) is 17.6. The lowest BCUT2D eigenvalue weighted by Gasteiger charge is -2.18. The van der Waals surface area contributed by atoms with Gasteiger partial charge in [0.2, 0.25) is 11.0 Å². The molecule has 1 N–H and O–H groups in total. The van der Waals surface area contributed by atoms with Crippen molar-refractivity contribution >= 4 is 45.0 Å². The Hall–Kier alpha value is -1.99. The summed E-state index contributed by atoms with van der Waals surface area (Å²) in [5, 5.41) is 15.0. The first kappa shape index (κ1) is 20.3. The van der Waals surface area contributed by atoms with Crippen LogP contribution >= 0.6 is 23.1 Å². The van der Waals surface area contributed by atoms with Crippen LogP contribution in [0, 0.1) is 6.92 Å². The van der Waals surface area contributed by atoms with Crippen molar-refractivity contribution in [2.75, 3.05) is 5.32 Å². The zero-order valence-electron chi connectivity index (χ0n) is 16.9. The molecule has 0 spiro atoms. The number of nitrogens with one attached hydrogen (secondary N) is 1. The SMILES string of the molecule is CCC(Sc1cc(C)c2ccccc2n1)C(=O)Nc1nnc(C2CCCCC2)s1. The first-order chi connectivity index (χ1) is 14.1. The van der Waals surface area contributed by atoms with Gasteiger partial charge in [0, 0.05) is 11.3 Å². The lowest BCUT2D eigenvalue weighted by atomic mass is 9.90. The van der Waals surface area contributed by atoms with Gasteiger partial charge in [-0.15, -0.1) is 10.2 Å². The summed E-state index contributed by atoms with van der Waals surface area (Å²) in [6, 6.07) is 10.2. The molecule has 0 radical (unpaired) electrons. The van der Waals surface area contributed by atoms with E-state index in [1.165, 1.54) is 60.8 Å². The number of hydrogen-bond donors (Lipinski definition) is 1. The molecule has 1 atom stereocenters. The van der Waals surface area contributed by atoms with Gasteiger partial charge in [-0.3, -0.25) is 10.1 Å². The molecule has 0 saturated heterocycles. The molecular formula is C22H26N4OS2. The van der Waals surface area contributed by atoms with Crippen LogP contribution in [-0.4, -0.2) is 26.3 Å². The summed E-state index contributed by atoms with van der Waals surface area (Å²) in [5.41, 5.74) is 2.14. The fraction of sp³-hybridized carbons (Fsp3) is 0.455. The van der Waals surface area contributed by atoms with E-state index in [1.54, 1.807) is 0 Å². The van der Waals surface area contributed by atoms with E-state index >= 15 is 0 Å². The number of rotatable bonds is 6. The van der Waals surface area contributed by atoms with Gasteiger partial charge in [0.25, 0.3) is 0 Å². The minimum atomic E-state index is -0.218. The van der Waals surface area contributed by atoms with E-state index in [-0.39, 0.29) is 11.2 Å². The second kappa shape index (κ2) is 9.22. The first-order valence-corrected chi connectivity index (χ1v) is 12.0. The molecule has 0 aliphatic heterocycles. The summed E-state index contributed by atoms with van der Waals surface area (Å²) in [6.07, 6.45) is 6.93. The van der Waals surface area contributed by atoms with Gasteiger partial charge >= 0.3 is 0 Å². The Morgan fingerprint density at radius 3 is 2.83 bits per heavy atom. The highest BCUT2D eigenvalue weighted by Crippen LogP contribution is 2.35. The summed E-state index contributed by atoms with van der Waals surface area (Å²) >= 11 is 3.04. The highest BCUT2D eigenvalue weighted by atomic mass is 32.2. The predicted octanol–water partition coefficient (Wildman–Crippen LogP) is 5.95. The molecule has 2 aromatic heterocycles. The van der Waals surface area contributed by atoms with Crippen molar-refractivity contribution in [3.8, 4) is 0 Å². The van der Waals surface area contributed by atoms with E-state index < -0.39 is 0 Å². The molecule has 5 nitrogen and oxygen atoms in total. The molecular weight excluding hydrogens is 400 g/mol. The quantitative estimate of drug-likeness (QED) is 0.493. The first-order valence-electron chi connectivity index (χ1n) is 10.3. The van der Waals surface area contributed by atoms with Crippen LogP contribution < -0.4 is 5.32 Å². The van der Waals surface area contributed by atoms with Gasteiger partial charge in [-0.2, -0.15) is 0 Å². The highest BCUT2D eigenvalue weighted by molar-refractivity contribution is 8.00. The maximum absolute atomic E-state index is 12.9. The zero-order chi connectivity index (χ0) is 20.2. The van der Waals surface area contributed by atoms with Crippen LogP contribution in [0.4, 0.5) is 5.13 Å². The van der Waals surface area contributed by atoms with Crippen LogP contribution in [0.5, 0.6) is 0 Å².